The standard InChI is InChI=1S/C12H15NO6/c1-2-19-12(18)6-3-4-8(13)7(5-6)9(14)10(15)11(16)17/h3-5,9-10,14-15H,2,13H2,1H3,(H,16,17). The van der Waals surface area contributed by atoms with Gasteiger partial charge in [-0.1, -0.05) is 0 Å². The monoisotopic (exact) mass is 269 g/mol. The second kappa shape index (κ2) is 6.17. The number of ether oxygens (including phenoxy) is 1. The highest BCUT2D eigenvalue weighted by Crippen LogP contribution is 2.25. The fourth-order valence-electron chi connectivity index (χ4n) is 1.48. The van der Waals surface area contributed by atoms with E-state index in [2.05, 4.69) is 0 Å². The van der Waals surface area contributed by atoms with E-state index in [1.807, 2.05) is 0 Å². The van der Waals surface area contributed by atoms with Gasteiger partial charge in [-0.25, -0.2) is 9.59 Å². The Labute approximate surface area is 109 Å². The lowest BCUT2D eigenvalue weighted by atomic mass is 10.00. The van der Waals surface area contributed by atoms with Gasteiger partial charge in [0.2, 0.25) is 0 Å². The maximum absolute atomic E-state index is 11.5. The molecular weight excluding hydrogens is 254 g/mol. The zero-order valence-electron chi connectivity index (χ0n) is 10.2. The SMILES string of the molecule is CCOC(=O)c1ccc(N)c(C(O)C(O)C(=O)O)c1. The number of esters is 1. The summed E-state index contributed by atoms with van der Waals surface area (Å²) in [6, 6.07) is 3.92. The van der Waals surface area contributed by atoms with Gasteiger partial charge in [0.25, 0.3) is 0 Å². The van der Waals surface area contributed by atoms with Crippen LogP contribution in [0.5, 0.6) is 0 Å². The summed E-state index contributed by atoms with van der Waals surface area (Å²) in [5.41, 5.74) is 5.73. The van der Waals surface area contributed by atoms with Gasteiger partial charge in [-0.2, -0.15) is 0 Å². The summed E-state index contributed by atoms with van der Waals surface area (Å²) < 4.78 is 4.77. The summed E-state index contributed by atoms with van der Waals surface area (Å²) >= 11 is 0. The molecule has 0 saturated carbocycles. The Morgan fingerprint density at radius 3 is 2.53 bits per heavy atom. The minimum absolute atomic E-state index is 0.0412. The van der Waals surface area contributed by atoms with Crippen molar-refractivity contribution in [3.8, 4) is 0 Å². The predicted octanol–water partition coefficient (Wildman–Crippen LogP) is -0.0756. The highest BCUT2D eigenvalue weighted by molar-refractivity contribution is 5.90. The Kier molecular flexibility index (Phi) is 4.85. The molecule has 2 atom stereocenters. The van der Waals surface area contributed by atoms with Gasteiger partial charge >= 0.3 is 11.9 Å². The number of carboxylic acids is 1. The largest absolute Gasteiger partial charge is 0.479 e. The average molecular weight is 269 g/mol. The third-order valence-electron chi connectivity index (χ3n) is 2.47. The van der Waals surface area contributed by atoms with Crippen LogP contribution in [-0.4, -0.2) is 40.0 Å². The summed E-state index contributed by atoms with van der Waals surface area (Å²) in [4.78, 5) is 22.1. The summed E-state index contributed by atoms with van der Waals surface area (Å²) in [6.45, 7) is 1.82. The van der Waals surface area contributed by atoms with Crippen LogP contribution in [0.4, 0.5) is 5.69 Å². The van der Waals surface area contributed by atoms with Crippen molar-refractivity contribution in [1.29, 1.82) is 0 Å². The van der Waals surface area contributed by atoms with Crippen LogP contribution in [0.1, 0.15) is 28.9 Å². The molecule has 0 aliphatic heterocycles. The second-order valence-corrected chi connectivity index (χ2v) is 3.79. The molecule has 2 unspecified atom stereocenters. The Bertz CT molecular complexity index is 487. The first kappa shape index (κ1) is 14.9. The number of carbonyl (C=O) groups is 2. The molecule has 1 aromatic rings. The zero-order valence-corrected chi connectivity index (χ0v) is 10.2. The van der Waals surface area contributed by atoms with Crippen molar-refractivity contribution in [3.63, 3.8) is 0 Å². The van der Waals surface area contributed by atoms with E-state index in [1.54, 1.807) is 6.92 Å². The van der Waals surface area contributed by atoms with Gasteiger partial charge in [0, 0.05) is 11.3 Å². The lowest BCUT2D eigenvalue weighted by molar-refractivity contribution is -0.153. The van der Waals surface area contributed by atoms with E-state index in [0.29, 0.717) is 0 Å². The number of aliphatic carboxylic acids is 1. The molecule has 0 amide bonds. The number of anilines is 1. The first-order valence-corrected chi connectivity index (χ1v) is 5.54. The molecule has 0 saturated heterocycles. The molecule has 1 rings (SSSR count). The van der Waals surface area contributed by atoms with Crippen molar-refractivity contribution in [2.75, 3.05) is 12.3 Å². The van der Waals surface area contributed by atoms with Crippen LogP contribution in [-0.2, 0) is 9.53 Å². The van der Waals surface area contributed by atoms with Crippen LogP contribution in [0.25, 0.3) is 0 Å². The summed E-state index contributed by atoms with van der Waals surface area (Å²) in [5, 5.41) is 27.6. The maximum Gasteiger partial charge on any atom is 0.338 e. The molecule has 0 aliphatic carbocycles. The van der Waals surface area contributed by atoms with E-state index in [4.69, 9.17) is 15.6 Å². The third kappa shape index (κ3) is 3.43. The number of nitrogen functional groups attached to an aromatic ring is 1. The lowest BCUT2D eigenvalue weighted by Crippen LogP contribution is -2.28. The van der Waals surface area contributed by atoms with Crippen LogP contribution < -0.4 is 5.73 Å². The molecule has 0 radical (unpaired) electrons. The Morgan fingerprint density at radius 2 is 2.00 bits per heavy atom. The van der Waals surface area contributed by atoms with E-state index in [9.17, 15) is 19.8 Å². The normalized spacial score (nSPS) is 13.6. The second-order valence-electron chi connectivity index (χ2n) is 3.79. The quantitative estimate of drug-likeness (QED) is 0.434. The number of aliphatic hydroxyl groups excluding tert-OH is 2. The van der Waals surface area contributed by atoms with Gasteiger partial charge in [-0.05, 0) is 25.1 Å². The van der Waals surface area contributed by atoms with Crippen molar-refractivity contribution in [3.05, 3.63) is 29.3 Å². The molecule has 0 spiro atoms. The van der Waals surface area contributed by atoms with Crippen molar-refractivity contribution >= 4 is 17.6 Å². The van der Waals surface area contributed by atoms with Gasteiger partial charge in [0.05, 0.1) is 12.2 Å². The van der Waals surface area contributed by atoms with Crippen LogP contribution in [0, 0.1) is 0 Å². The van der Waals surface area contributed by atoms with Gasteiger partial charge in [0.1, 0.15) is 6.10 Å². The van der Waals surface area contributed by atoms with Crippen molar-refractivity contribution in [2.24, 2.45) is 0 Å². The van der Waals surface area contributed by atoms with Crippen LogP contribution in [0.3, 0.4) is 0 Å². The molecule has 7 nitrogen and oxygen atoms in total. The molecule has 1 aromatic carbocycles. The molecule has 19 heavy (non-hydrogen) atoms. The minimum atomic E-state index is -2.03. The molecule has 0 aromatic heterocycles. The Morgan fingerprint density at radius 1 is 1.37 bits per heavy atom. The van der Waals surface area contributed by atoms with E-state index >= 15 is 0 Å². The summed E-state index contributed by atoms with van der Waals surface area (Å²) in [5.74, 6) is -2.21. The topological polar surface area (TPSA) is 130 Å². The summed E-state index contributed by atoms with van der Waals surface area (Å²) in [7, 11) is 0. The molecule has 0 bridgehead atoms. The average Bonchev–Trinajstić information content (AvgIpc) is 2.37. The predicted molar refractivity (Wildman–Crippen MR) is 65.4 cm³/mol. The Balaban J connectivity index is 3.10. The number of carbonyl (C=O) groups excluding carboxylic acids is 1. The van der Waals surface area contributed by atoms with E-state index in [0.717, 1.165) is 0 Å². The molecule has 7 heteroatoms. The Hall–Kier alpha value is -2.12. The molecule has 0 heterocycles. The molecule has 0 aliphatic rings. The first-order valence-electron chi connectivity index (χ1n) is 5.54. The molecular formula is C12H15NO6. The number of nitrogens with two attached hydrogens (primary N) is 1. The highest BCUT2D eigenvalue weighted by Gasteiger charge is 2.27. The lowest BCUT2D eigenvalue weighted by Gasteiger charge is -2.17. The van der Waals surface area contributed by atoms with Crippen LogP contribution in [0.2, 0.25) is 0 Å². The van der Waals surface area contributed by atoms with Gasteiger partial charge in [0.15, 0.2) is 6.10 Å². The highest BCUT2D eigenvalue weighted by atomic mass is 16.5. The number of hydrogen-bond donors (Lipinski definition) is 4. The van der Waals surface area contributed by atoms with Gasteiger partial charge in [-0.15, -0.1) is 0 Å². The van der Waals surface area contributed by atoms with E-state index in [-0.39, 0.29) is 23.4 Å². The van der Waals surface area contributed by atoms with Crippen molar-refractivity contribution < 1.29 is 29.6 Å². The molecule has 0 fully saturated rings. The molecule has 5 N–H and O–H groups in total. The number of carboxylic acid groups (broad SMARTS) is 1. The fraction of sp³-hybridized carbons (Fsp3) is 0.333. The van der Waals surface area contributed by atoms with Crippen molar-refractivity contribution in [2.45, 2.75) is 19.1 Å². The molecule has 104 valence electrons. The van der Waals surface area contributed by atoms with Gasteiger partial charge < -0.3 is 25.8 Å². The summed E-state index contributed by atoms with van der Waals surface area (Å²) in [6.07, 6.45) is -3.76. The fourth-order valence-corrected chi connectivity index (χ4v) is 1.48. The maximum atomic E-state index is 11.5. The first-order chi connectivity index (χ1) is 8.88. The number of aliphatic hydroxyl groups is 2. The third-order valence-corrected chi connectivity index (χ3v) is 2.47. The van der Waals surface area contributed by atoms with Gasteiger partial charge in [-0.3, -0.25) is 0 Å². The minimum Gasteiger partial charge on any atom is -0.479 e. The number of benzene rings is 1. The van der Waals surface area contributed by atoms with Crippen molar-refractivity contribution in [1.82, 2.24) is 0 Å². The smallest absolute Gasteiger partial charge is 0.338 e. The van der Waals surface area contributed by atoms with Crippen LogP contribution in [0.15, 0.2) is 18.2 Å². The number of hydrogen-bond acceptors (Lipinski definition) is 6. The number of rotatable bonds is 5. The van der Waals surface area contributed by atoms with E-state index < -0.39 is 24.1 Å². The van der Waals surface area contributed by atoms with E-state index in [1.165, 1.54) is 18.2 Å². The zero-order chi connectivity index (χ0) is 14.6. The van der Waals surface area contributed by atoms with Crippen LogP contribution >= 0.6 is 0 Å².